The number of hydrogen-bond donors (Lipinski definition) is 3. The minimum atomic E-state index is -1.05. The smallest absolute Gasteiger partial charge is 0.246 e. The number of benzene rings is 1. The van der Waals surface area contributed by atoms with Gasteiger partial charge >= 0.3 is 0 Å². The van der Waals surface area contributed by atoms with E-state index in [-0.39, 0.29) is 36.3 Å². The topological polar surface area (TPSA) is 108 Å². The summed E-state index contributed by atoms with van der Waals surface area (Å²) >= 11 is 0. The average molecular weight is 472 g/mol. The van der Waals surface area contributed by atoms with E-state index in [4.69, 9.17) is 4.74 Å². The summed E-state index contributed by atoms with van der Waals surface area (Å²) in [6.45, 7) is 7.84. The maximum absolute atomic E-state index is 14.0. The second-order valence-electron chi connectivity index (χ2n) is 10.3. The number of hydrogen-bond acceptors (Lipinski definition) is 5. The molecule has 8 nitrogen and oxygen atoms in total. The minimum absolute atomic E-state index is 0.0129. The van der Waals surface area contributed by atoms with Gasteiger partial charge in [0.1, 0.15) is 11.6 Å². The highest BCUT2D eigenvalue weighted by atomic mass is 16.5. The molecule has 34 heavy (non-hydrogen) atoms. The van der Waals surface area contributed by atoms with Crippen molar-refractivity contribution in [3.05, 3.63) is 35.9 Å². The van der Waals surface area contributed by atoms with Crippen LogP contribution in [0.1, 0.15) is 52.5 Å². The third kappa shape index (κ3) is 4.01. The summed E-state index contributed by atoms with van der Waals surface area (Å²) in [6, 6.07) is 8.12. The van der Waals surface area contributed by atoms with Crippen LogP contribution in [0, 0.1) is 17.8 Å². The third-order valence-corrected chi connectivity index (χ3v) is 7.87. The van der Waals surface area contributed by atoms with Crippen LogP contribution in [0.25, 0.3) is 0 Å². The first-order chi connectivity index (χ1) is 16.2. The van der Waals surface area contributed by atoms with Gasteiger partial charge in [0.15, 0.2) is 0 Å². The lowest BCUT2D eigenvalue weighted by molar-refractivity contribution is -0.147. The number of aliphatic hydroxyl groups excluding tert-OH is 1. The van der Waals surface area contributed by atoms with Gasteiger partial charge in [-0.1, -0.05) is 50.6 Å². The van der Waals surface area contributed by atoms with Crippen LogP contribution in [-0.4, -0.2) is 64.2 Å². The Morgan fingerprint density at radius 3 is 2.53 bits per heavy atom. The molecule has 3 fully saturated rings. The summed E-state index contributed by atoms with van der Waals surface area (Å²) in [4.78, 5) is 42.4. The van der Waals surface area contributed by atoms with Crippen molar-refractivity contribution in [1.29, 1.82) is 0 Å². The SMILES string of the molecule is CC[C@H](C)[C@H](CO)N1C(=O)[C@@H]2[C@H](C(=O)NCc3ccccc3)[C@@H]3CCC2(O3)C1C(=O)NC(C)C. The van der Waals surface area contributed by atoms with Crippen LogP contribution in [-0.2, 0) is 25.7 Å². The Morgan fingerprint density at radius 2 is 1.91 bits per heavy atom. The van der Waals surface area contributed by atoms with Crippen LogP contribution < -0.4 is 10.6 Å². The lowest BCUT2D eigenvalue weighted by Gasteiger charge is -2.39. The molecule has 4 rings (SSSR count). The average Bonchev–Trinajstić information content (AvgIpc) is 3.46. The molecule has 1 aromatic carbocycles. The first-order valence-electron chi connectivity index (χ1n) is 12.5. The summed E-state index contributed by atoms with van der Waals surface area (Å²) in [5.74, 6) is -2.16. The molecule has 3 N–H and O–H groups in total. The monoisotopic (exact) mass is 471 g/mol. The van der Waals surface area contributed by atoms with Gasteiger partial charge in [-0.05, 0) is 38.2 Å². The van der Waals surface area contributed by atoms with Gasteiger partial charge < -0.3 is 25.4 Å². The standard InChI is InChI=1S/C26H37N3O5/c1-5-16(4)18(14-30)29-22(24(32)28-15(2)3)26-12-11-19(34-26)20(21(26)25(29)33)23(31)27-13-17-9-7-6-8-10-17/h6-10,15-16,18-22,30H,5,11-14H2,1-4H3,(H,27,31)(H,28,32)/t16-,18-,19-,20+,21-,22?,26?/m0/s1. The maximum Gasteiger partial charge on any atom is 0.246 e. The third-order valence-electron chi connectivity index (χ3n) is 7.87. The molecule has 0 aromatic heterocycles. The molecule has 8 heteroatoms. The second kappa shape index (κ2) is 9.66. The number of carbonyl (C=O) groups excluding carboxylic acids is 3. The Kier molecular flexibility index (Phi) is 7.01. The Labute approximate surface area is 201 Å². The van der Waals surface area contributed by atoms with Gasteiger partial charge in [0.05, 0.1) is 30.6 Å². The van der Waals surface area contributed by atoms with Crippen molar-refractivity contribution >= 4 is 17.7 Å². The largest absolute Gasteiger partial charge is 0.394 e. The molecule has 1 spiro atoms. The molecular formula is C26H37N3O5. The molecule has 1 aromatic rings. The molecule has 3 saturated heterocycles. The minimum Gasteiger partial charge on any atom is -0.394 e. The van der Waals surface area contributed by atoms with E-state index in [2.05, 4.69) is 10.6 Å². The van der Waals surface area contributed by atoms with Crippen molar-refractivity contribution in [2.75, 3.05) is 6.61 Å². The zero-order valence-electron chi connectivity index (χ0n) is 20.5. The molecule has 0 radical (unpaired) electrons. The maximum atomic E-state index is 14.0. The quantitative estimate of drug-likeness (QED) is 0.507. The predicted octanol–water partition coefficient (Wildman–Crippen LogP) is 1.61. The first kappa shape index (κ1) is 24.7. The van der Waals surface area contributed by atoms with E-state index in [1.807, 2.05) is 58.0 Å². The van der Waals surface area contributed by atoms with Crippen LogP contribution in [0.5, 0.6) is 0 Å². The normalized spacial score (nSPS) is 31.5. The summed E-state index contributed by atoms with van der Waals surface area (Å²) < 4.78 is 6.43. The fourth-order valence-corrected chi connectivity index (χ4v) is 6.13. The van der Waals surface area contributed by atoms with Gasteiger partial charge in [0, 0.05) is 12.6 Å². The summed E-state index contributed by atoms with van der Waals surface area (Å²) in [5.41, 5.74) is -0.0728. The second-order valence-corrected chi connectivity index (χ2v) is 10.3. The number of carbonyl (C=O) groups is 3. The van der Waals surface area contributed by atoms with Crippen molar-refractivity contribution in [2.24, 2.45) is 17.8 Å². The van der Waals surface area contributed by atoms with Crippen LogP contribution in [0.15, 0.2) is 30.3 Å². The molecule has 3 amide bonds. The van der Waals surface area contributed by atoms with E-state index >= 15 is 0 Å². The van der Waals surface area contributed by atoms with E-state index < -0.39 is 35.6 Å². The lowest BCUT2D eigenvalue weighted by atomic mass is 9.70. The Bertz CT molecular complexity index is 922. The Hall–Kier alpha value is -2.45. The summed E-state index contributed by atoms with van der Waals surface area (Å²) in [5, 5.41) is 16.2. The van der Waals surface area contributed by atoms with Crippen molar-refractivity contribution in [2.45, 2.75) is 83.3 Å². The molecule has 2 unspecified atom stereocenters. The van der Waals surface area contributed by atoms with Crippen molar-refractivity contribution in [1.82, 2.24) is 15.5 Å². The van der Waals surface area contributed by atoms with Gasteiger partial charge in [-0.3, -0.25) is 14.4 Å². The lowest BCUT2D eigenvalue weighted by Crippen LogP contribution is -2.59. The van der Waals surface area contributed by atoms with E-state index in [0.29, 0.717) is 19.4 Å². The van der Waals surface area contributed by atoms with Gasteiger partial charge in [-0.2, -0.15) is 0 Å². The number of ether oxygens (including phenoxy) is 1. The highest BCUT2D eigenvalue weighted by Crippen LogP contribution is 2.59. The number of fused-ring (bicyclic) bond motifs is 1. The molecule has 7 atom stereocenters. The summed E-state index contributed by atoms with van der Waals surface area (Å²) in [6.07, 6.45) is 1.52. The predicted molar refractivity (Wildman–Crippen MR) is 126 cm³/mol. The van der Waals surface area contributed by atoms with Gasteiger partial charge in [0.25, 0.3) is 0 Å². The van der Waals surface area contributed by atoms with Crippen molar-refractivity contribution in [3.63, 3.8) is 0 Å². The number of nitrogens with one attached hydrogen (secondary N) is 2. The molecule has 0 saturated carbocycles. The molecule has 3 aliphatic heterocycles. The molecule has 3 aliphatic rings. The van der Waals surface area contributed by atoms with Gasteiger partial charge in [-0.25, -0.2) is 0 Å². The number of likely N-dealkylation sites (tertiary alicyclic amines) is 1. The highest BCUT2D eigenvalue weighted by molar-refractivity contribution is 5.99. The fourth-order valence-electron chi connectivity index (χ4n) is 6.13. The van der Waals surface area contributed by atoms with Crippen LogP contribution in [0.4, 0.5) is 0 Å². The van der Waals surface area contributed by atoms with Crippen LogP contribution in [0.3, 0.4) is 0 Å². The van der Waals surface area contributed by atoms with Gasteiger partial charge in [0.2, 0.25) is 17.7 Å². The number of rotatable bonds is 9. The van der Waals surface area contributed by atoms with E-state index in [9.17, 15) is 19.5 Å². The first-order valence-corrected chi connectivity index (χ1v) is 12.5. The zero-order chi connectivity index (χ0) is 24.6. The Morgan fingerprint density at radius 1 is 1.21 bits per heavy atom. The molecular weight excluding hydrogens is 434 g/mol. The van der Waals surface area contributed by atoms with E-state index in [1.165, 1.54) is 0 Å². The van der Waals surface area contributed by atoms with Crippen LogP contribution in [0.2, 0.25) is 0 Å². The van der Waals surface area contributed by atoms with Crippen molar-refractivity contribution in [3.8, 4) is 0 Å². The molecule has 3 heterocycles. The molecule has 186 valence electrons. The zero-order valence-corrected chi connectivity index (χ0v) is 20.5. The number of amides is 3. The van der Waals surface area contributed by atoms with E-state index in [1.54, 1.807) is 4.90 Å². The number of nitrogens with zero attached hydrogens (tertiary/aromatic N) is 1. The number of aliphatic hydroxyl groups is 1. The fraction of sp³-hybridized carbons (Fsp3) is 0.654. The highest BCUT2D eigenvalue weighted by Gasteiger charge is 2.75. The van der Waals surface area contributed by atoms with E-state index in [0.717, 1.165) is 12.0 Å². The Balaban J connectivity index is 1.66. The molecule has 2 bridgehead atoms. The molecule has 0 aliphatic carbocycles. The van der Waals surface area contributed by atoms with Crippen LogP contribution >= 0.6 is 0 Å². The van der Waals surface area contributed by atoms with Crippen molar-refractivity contribution < 1.29 is 24.2 Å². The van der Waals surface area contributed by atoms with Gasteiger partial charge in [-0.15, -0.1) is 0 Å². The summed E-state index contributed by atoms with van der Waals surface area (Å²) in [7, 11) is 0.